The molecule has 0 aliphatic carbocycles. The molecule has 1 aliphatic rings. The number of nitrogens with zero attached hydrogens (tertiary/aromatic N) is 2. The van der Waals surface area contributed by atoms with Gasteiger partial charge in [-0.15, -0.1) is 0 Å². The molecule has 0 radical (unpaired) electrons. The normalized spacial score (nSPS) is 17.1. The van der Waals surface area contributed by atoms with Crippen molar-refractivity contribution in [3.8, 4) is 11.5 Å². The fourth-order valence-electron chi connectivity index (χ4n) is 3.53. The fourth-order valence-corrected chi connectivity index (χ4v) is 6.35. The number of ether oxygens (including phenoxy) is 2. The molecular weight excluding hydrogens is 462 g/mol. The summed E-state index contributed by atoms with van der Waals surface area (Å²) in [5.74, 6) is 0.670. The minimum absolute atomic E-state index is 0.115. The molecule has 0 bridgehead atoms. The summed E-state index contributed by atoms with van der Waals surface area (Å²) in [7, 11) is -0.796. The van der Waals surface area contributed by atoms with Crippen molar-refractivity contribution < 1.29 is 22.7 Å². The zero-order valence-electron chi connectivity index (χ0n) is 16.8. The van der Waals surface area contributed by atoms with Crippen LogP contribution in [0.3, 0.4) is 0 Å². The first-order valence-corrected chi connectivity index (χ1v) is 12.1. The SMILES string of the molecule is COc1ccc(S(=O)(=O)N2CCCC2C(=O)Nc2nc3c(OC)ccc(Cl)c3s2)cc1. The molecule has 1 atom stereocenters. The molecule has 4 rings (SSSR count). The van der Waals surface area contributed by atoms with Gasteiger partial charge in [-0.1, -0.05) is 22.9 Å². The van der Waals surface area contributed by atoms with Crippen LogP contribution in [0.1, 0.15) is 12.8 Å². The van der Waals surface area contributed by atoms with Gasteiger partial charge in [0.1, 0.15) is 23.1 Å². The highest BCUT2D eigenvalue weighted by molar-refractivity contribution is 7.89. The number of fused-ring (bicyclic) bond motifs is 1. The van der Waals surface area contributed by atoms with E-state index in [1.54, 1.807) is 24.3 Å². The van der Waals surface area contributed by atoms with Crippen molar-refractivity contribution in [2.24, 2.45) is 0 Å². The van der Waals surface area contributed by atoms with Crippen LogP contribution in [0.15, 0.2) is 41.3 Å². The van der Waals surface area contributed by atoms with Crippen LogP contribution in [0.25, 0.3) is 10.2 Å². The van der Waals surface area contributed by atoms with Crippen LogP contribution in [-0.4, -0.2) is 50.4 Å². The number of hydrogen-bond acceptors (Lipinski definition) is 7. The van der Waals surface area contributed by atoms with E-state index >= 15 is 0 Å². The molecule has 3 aromatic rings. The number of amides is 1. The monoisotopic (exact) mass is 481 g/mol. The van der Waals surface area contributed by atoms with E-state index in [0.29, 0.717) is 44.7 Å². The molecule has 11 heteroatoms. The van der Waals surface area contributed by atoms with Gasteiger partial charge in [-0.25, -0.2) is 13.4 Å². The summed E-state index contributed by atoms with van der Waals surface area (Å²) in [5.41, 5.74) is 0.546. The molecule has 31 heavy (non-hydrogen) atoms. The highest BCUT2D eigenvalue weighted by atomic mass is 35.5. The fraction of sp³-hybridized carbons (Fsp3) is 0.300. The number of aromatic nitrogens is 1. The second-order valence-corrected chi connectivity index (χ2v) is 10.2. The molecule has 1 unspecified atom stereocenters. The third kappa shape index (κ3) is 4.08. The van der Waals surface area contributed by atoms with Crippen LogP contribution in [0.4, 0.5) is 5.13 Å². The molecule has 2 heterocycles. The highest BCUT2D eigenvalue weighted by Gasteiger charge is 2.39. The summed E-state index contributed by atoms with van der Waals surface area (Å²) in [6.45, 7) is 0.270. The average Bonchev–Trinajstić information content (AvgIpc) is 3.42. The van der Waals surface area contributed by atoms with Crippen molar-refractivity contribution >= 4 is 54.2 Å². The van der Waals surface area contributed by atoms with Crippen molar-refractivity contribution in [1.29, 1.82) is 0 Å². The zero-order chi connectivity index (χ0) is 22.2. The minimum atomic E-state index is -3.83. The highest BCUT2D eigenvalue weighted by Crippen LogP contribution is 2.37. The van der Waals surface area contributed by atoms with Gasteiger partial charge in [0.2, 0.25) is 15.9 Å². The number of hydrogen-bond donors (Lipinski definition) is 1. The molecule has 1 saturated heterocycles. The molecule has 1 aliphatic heterocycles. The summed E-state index contributed by atoms with van der Waals surface area (Å²) in [6.07, 6.45) is 1.02. The maximum absolute atomic E-state index is 13.1. The van der Waals surface area contributed by atoms with Crippen LogP contribution in [0, 0.1) is 0 Å². The zero-order valence-corrected chi connectivity index (χ0v) is 19.2. The van der Waals surface area contributed by atoms with Gasteiger partial charge in [0.05, 0.1) is 28.8 Å². The number of benzene rings is 2. The quantitative estimate of drug-likeness (QED) is 0.575. The van der Waals surface area contributed by atoms with Crippen LogP contribution in [0.5, 0.6) is 11.5 Å². The Morgan fingerprint density at radius 3 is 2.61 bits per heavy atom. The molecule has 1 aromatic heterocycles. The molecule has 2 aromatic carbocycles. The number of carbonyl (C=O) groups excluding carboxylic acids is 1. The van der Waals surface area contributed by atoms with E-state index in [-0.39, 0.29) is 11.4 Å². The number of halogens is 1. The third-order valence-corrected chi connectivity index (χ3v) is 8.43. The summed E-state index contributed by atoms with van der Waals surface area (Å²) in [6, 6.07) is 8.69. The van der Waals surface area contributed by atoms with Crippen LogP contribution < -0.4 is 14.8 Å². The third-order valence-electron chi connectivity index (χ3n) is 5.08. The topological polar surface area (TPSA) is 97.8 Å². The van der Waals surface area contributed by atoms with Gasteiger partial charge < -0.3 is 14.8 Å². The summed E-state index contributed by atoms with van der Waals surface area (Å²) in [5, 5.41) is 3.58. The van der Waals surface area contributed by atoms with Crippen molar-refractivity contribution in [2.45, 2.75) is 23.8 Å². The Morgan fingerprint density at radius 1 is 1.19 bits per heavy atom. The molecule has 1 amide bonds. The number of nitrogens with one attached hydrogen (secondary N) is 1. The maximum atomic E-state index is 13.1. The Hall–Kier alpha value is -2.40. The van der Waals surface area contributed by atoms with Gasteiger partial charge in [-0.2, -0.15) is 4.31 Å². The molecule has 0 saturated carbocycles. The second kappa shape index (κ2) is 8.62. The van der Waals surface area contributed by atoms with E-state index < -0.39 is 22.0 Å². The Bertz CT molecular complexity index is 1230. The maximum Gasteiger partial charge on any atom is 0.244 e. The van der Waals surface area contributed by atoms with Gasteiger partial charge in [0.25, 0.3) is 0 Å². The van der Waals surface area contributed by atoms with Gasteiger partial charge >= 0.3 is 0 Å². The van der Waals surface area contributed by atoms with E-state index in [0.717, 1.165) is 0 Å². The van der Waals surface area contributed by atoms with Crippen molar-refractivity contribution in [1.82, 2.24) is 9.29 Å². The predicted octanol–water partition coefficient (Wildman–Crippen LogP) is 3.76. The van der Waals surface area contributed by atoms with E-state index in [2.05, 4.69) is 10.3 Å². The smallest absolute Gasteiger partial charge is 0.244 e. The van der Waals surface area contributed by atoms with E-state index in [4.69, 9.17) is 21.1 Å². The van der Waals surface area contributed by atoms with E-state index in [1.807, 2.05) is 0 Å². The largest absolute Gasteiger partial charge is 0.497 e. The molecule has 0 spiro atoms. The number of anilines is 1. The van der Waals surface area contributed by atoms with Gasteiger partial charge in [-0.05, 0) is 49.2 Å². The van der Waals surface area contributed by atoms with Crippen molar-refractivity contribution in [3.63, 3.8) is 0 Å². The van der Waals surface area contributed by atoms with Gasteiger partial charge in [0.15, 0.2) is 5.13 Å². The van der Waals surface area contributed by atoms with Crippen LogP contribution in [-0.2, 0) is 14.8 Å². The Labute approximate surface area is 188 Å². The molecule has 8 nitrogen and oxygen atoms in total. The number of thiazole rings is 1. The molecule has 164 valence electrons. The van der Waals surface area contributed by atoms with Gasteiger partial charge in [0, 0.05) is 6.54 Å². The van der Waals surface area contributed by atoms with E-state index in [9.17, 15) is 13.2 Å². The van der Waals surface area contributed by atoms with Crippen molar-refractivity contribution in [3.05, 3.63) is 41.4 Å². The number of carbonyl (C=O) groups is 1. The number of sulfonamides is 1. The lowest BCUT2D eigenvalue weighted by atomic mass is 10.2. The lowest BCUT2D eigenvalue weighted by molar-refractivity contribution is -0.119. The summed E-state index contributed by atoms with van der Waals surface area (Å²) in [4.78, 5) is 17.5. The number of methoxy groups -OCH3 is 2. The summed E-state index contributed by atoms with van der Waals surface area (Å²) < 4.78 is 38.6. The predicted molar refractivity (Wildman–Crippen MR) is 120 cm³/mol. The standard InChI is InChI=1S/C20H20ClN3O5S2/c1-28-12-5-7-13(8-6-12)31(26,27)24-11-3-4-15(24)19(25)23-20-22-17-16(29-2)10-9-14(21)18(17)30-20/h5-10,15H,3-4,11H2,1-2H3,(H,22,23,25). The lowest BCUT2D eigenvalue weighted by Crippen LogP contribution is -2.43. The molecule has 1 fully saturated rings. The minimum Gasteiger partial charge on any atom is -0.497 e. The van der Waals surface area contributed by atoms with Crippen LogP contribution >= 0.6 is 22.9 Å². The van der Waals surface area contributed by atoms with E-state index in [1.165, 1.54) is 42.0 Å². The van der Waals surface area contributed by atoms with Gasteiger partial charge in [-0.3, -0.25) is 4.79 Å². The van der Waals surface area contributed by atoms with Crippen LogP contribution in [0.2, 0.25) is 5.02 Å². The second-order valence-electron chi connectivity index (χ2n) is 6.88. The first-order valence-electron chi connectivity index (χ1n) is 9.45. The lowest BCUT2D eigenvalue weighted by Gasteiger charge is -2.23. The van der Waals surface area contributed by atoms with Crippen molar-refractivity contribution in [2.75, 3.05) is 26.1 Å². The summed E-state index contributed by atoms with van der Waals surface area (Å²) >= 11 is 7.45. The molecule has 1 N–H and O–H groups in total. The first-order chi connectivity index (χ1) is 14.8. The Kier molecular flexibility index (Phi) is 6.07. The Balaban J connectivity index is 1.58. The Morgan fingerprint density at radius 2 is 1.94 bits per heavy atom. The number of rotatable bonds is 6. The molecular formula is C20H20ClN3O5S2. The average molecular weight is 482 g/mol. The first kappa shape index (κ1) is 21.8.